The van der Waals surface area contributed by atoms with Crippen molar-refractivity contribution in [1.29, 1.82) is 0 Å². The molecule has 2 aromatic carbocycles. The summed E-state index contributed by atoms with van der Waals surface area (Å²) in [6.07, 6.45) is 1.07. The van der Waals surface area contributed by atoms with E-state index in [1.165, 1.54) is 12.1 Å². The third-order valence-corrected chi connectivity index (χ3v) is 7.63. The fraction of sp³-hybridized carbons (Fsp3) is 0.250. The van der Waals surface area contributed by atoms with Crippen molar-refractivity contribution in [3.63, 3.8) is 0 Å². The summed E-state index contributed by atoms with van der Waals surface area (Å²) in [5.41, 5.74) is 2.41. The van der Waals surface area contributed by atoms with Gasteiger partial charge in [0, 0.05) is 30.0 Å². The van der Waals surface area contributed by atoms with Crippen molar-refractivity contribution in [2.45, 2.75) is 36.7 Å². The number of nitrogens with zero attached hydrogens (tertiary/aromatic N) is 2. The molecule has 0 fully saturated rings. The van der Waals surface area contributed by atoms with Crippen molar-refractivity contribution in [1.82, 2.24) is 4.98 Å². The Bertz CT molecular complexity index is 1250. The van der Waals surface area contributed by atoms with Crippen LogP contribution in [0.4, 0.5) is 5.69 Å². The van der Waals surface area contributed by atoms with Gasteiger partial charge in [-0.05, 0) is 35.4 Å². The zero-order chi connectivity index (χ0) is 22.9. The number of rotatable bonds is 6. The van der Waals surface area contributed by atoms with Crippen molar-refractivity contribution in [3.05, 3.63) is 88.7 Å². The first kappa shape index (κ1) is 22.5. The Hall–Kier alpha value is -2.74. The molecule has 0 saturated heterocycles. The highest BCUT2D eigenvalue weighted by Gasteiger charge is 2.34. The Balaban J connectivity index is 1.66. The van der Waals surface area contributed by atoms with E-state index >= 15 is 0 Å². The Labute approximate surface area is 192 Å². The average molecular weight is 471 g/mol. The molecule has 1 aliphatic heterocycles. The molecule has 0 saturated carbocycles. The van der Waals surface area contributed by atoms with Gasteiger partial charge in [0.1, 0.15) is 5.78 Å². The molecular weight excluding hydrogens is 448 g/mol. The number of β-amino-alcohol motifs (C(OH)–C–C–N with tert-alkyl or cyclic N) is 1. The third kappa shape index (κ3) is 4.55. The van der Waals surface area contributed by atoms with Gasteiger partial charge in [0.15, 0.2) is 0 Å². The summed E-state index contributed by atoms with van der Waals surface area (Å²) < 4.78 is 27.8. The van der Waals surface area contributed by atoms with E-state index in [9.17, 15) is 18.3 Å². The minimum Gasteiger partial charge on any atom is -0.391 e. The molecule has 0 spiro atoms. The Morgan fingerprint density at radius 3 is 2.66 bits per heavy atom. The number of sulfonamides is 1. The number of benzene rings is 2. The van der Waals surface area contributed by atoms with Gasteiger partial charge in [-0.15, -0.1) is 0 Å². The summed E-state index contributed by atoms with van der Waals surface area (Å²) in [6.45, 7) is 1.76. The molecule has 0 radical (unpaired) electrons. The second-order valence-corrected chi connectivity index (χ2v) is 10.2. The highest BCUT2D eigenvalue weighted by molar-refractivity contribution is 7.92. The van der Waals surface area contributed by atoms with E-state index in [0.717, 1.165) is 9.87 Å². The lowest BCUT2D eigenvalue weighted by Crippen LogP contribution is -2.42. The van der Waals surface area contributed by atoms with Crippen LogP contribution >= 0.6 is 11.6 Å². The van der Waals surface area contributed by atoms with Crippen molar-refractivity contribution in [3.8, 4) is 0 Å². The predicted octanol–water partition coefficient (Wildman–Crippen LogP) is 3.76. The monoisotopic (exact) mass is 470 g/mol. The van der Waals surface area contributed by atoms with Crippen LogP contribution in [0.3, 0.4) is 0 Å². The molecule has 32 heavy (non-hydrogen) atoms. The Morgan fingerprint density at radius 1 is 1.19 bits per heavy atom. The quantitative estimate of drug-likeness (QED) is 0.592. The minimum atomic E-state index is -3.97. The minimum absolute atomic E-state index is 0.0121. The highest BCUT2D eigenvalue weighted by atomic mass is 35.5. The fourth-order valence-electron chi connectivity index (χ4n) is 3.83. The molecule has 8 heteroatoms. The van der Waals surface area contributed by atoms with Crippen LogP contribution in [-0.2, 0) is 27.7 Å². The van der Waals surface area contributed by atoms with Crippen molar-refractivity contribution in [2.75, 3.05) is 10.8 Å². The maximum Gasteiger partial charge on any atom is 0.264 e. The van der Waals surface area contributed by atoms with Crippen LogP contribution in [0.15, 0.2) is 71.8 Å². The van der Waals surface area contributed by atoms with E-state index < -0.39 is 16.1 Å². The molecule has 166 valence electrons. The molecule has 2 atom stereocenters. The second kappa shape index (κ2) is 9.02. The van der Waals surface area contributed by atoms with Crippen molar-refractivity contribution < 1.29 is 18.3 Å². The van der Waals surface area contributed by atoms with E-state index in [1.807, 2.05) is 37.3 Å². The van der Waals surface area contributed by atoms with Gasteiger partial charge in [0.2, 0.25) is 0 Å². The van der Waals surface area contributed by atoms with Gasteiger partial charge in [0.25, 0.3) is 10.0 Å². The summed E-state index contributed by atoms with van der Waals surface area (Å²) >= 11 is 6.00. The number of Topliss-reactive ketones (excluding diaryl/α,β-unsaturated/α-hetero) is 1. The topological polar surface area (TPSA) is 87.6 Å². The van der Waals surface area contributed by atoms with E-state index in [-0.39, 0.29) is 36.0 Å². The van der Waals surface area contributed by atoms with Gasteiger partial charge >= 0.3 is 0 Å². The molecule has 2 heterocycles. The first-order valence-corrected chi connectivity index (χ1v) is 12.1. The normalized spacial score (nSPS) is 17.0. The van der Waals surface area contributed by atoms with Gasteiger partial charge in [-0.2, -0.15) is 0 Å². The fourth-order valence-corrected chi connectivity index (χ4v) is 5.66. The number of carbonyl (C=O) groups is 1. The molecular formula is C24H23ClN2O4S. The summed E-state index contributed by atoms with van der Waals surface area (Å²) in [5.74, 6) is -0.279. The van der Waals surface area contributed by atoms with Crippen LogP contribution in [0.1, 0.15) is 29.7 Å². The van der Waals surface area contributed by atoms with Crippen molar-refractivity contribution in [2.24, 2.45) is 0 Å². The summed E-state index contributed by atoms with van der Waals surface area (Å²) in [7, 11) is -3.97. The highest BCUT2D eigenvalue weighted by Crippen LogP contribution is 2.33. The Kier molecular flexibility index (Phi) is 6.33. The predicted molar refractivity (Wildman–Crippen MR) is 123 cm³/mol. The SMILES string of the molecule is C[C@H](C(=O)Cc1cnc2c(c1)N(S(=O)(=O)c1cccc(Cl)c1)C[C@@H](O)C2)c1ccccc1. The lowest BCUT2D eigenvalue weighted by molar-refractivity contribution is -0.119. The number of aromatic nitrogens is 1. The zero-order valence-corrected chi connectivity index (χ0v) is 19.1. The lowest BCUT2D eigenvalue weighted by atomic mass is 9.93. The van der Waals surface area contributed by atoms with Crippen LogP contribution in [0.25, 0.3) is 0 Å². The molecule has 0 amide bonds. The molecule has 1 aliphatic rings. The number of ketones is 1. The molecule has 6 nitrogen and oxygen atoms in total. The molecule has 0 aliphatic carbocycles. The second-order valence-electron chi connectivity index (χ2n) is 7.94. The first-order valence-electron chi connectivity index (χ1n) is 10.3. The number of aliphatic hydroxyl groups excluding tert-OH is 1. The molecule has 0 unspecified atom stereocenters. The maximum absolute atomic E-state index is 13.3. The number of hydrogen-bond donors (Lipinski definition) is 1. The zero-order valence-electron chi connectivity index (χ0n) is 17.5. The Morgan fingerprint density at radius 2 is 1.94 bits per heavy atom. The number of anilines is 1. The molecule has 1 N–H and O–H groups in total. The van der Waals surface area contributed by atoms with Gasteiger partial charge in [-0.1, -0.05) is 54.9 Å². The molecule has 3 aromatic rings. The molecule has 0 bridgehead atoms. The van der Waals surface area contributed by atoms with Gasteiger partial charge in [0.05, 0.1) is 28.9 Å². The summed E-state index contributed by atoms with van der Waals surface area (Å²) in [4.78, 5) is 17.3. The van der Waals surface area contributed by atoms with E-state index in [4.69, 9.17) is 11.6 Å². The van der Waals surface area contributed by atoms with Gasteiger partial charge in [-0.25, -0.2) is 8.42 Å². The van der Waals surface area contributed by atoms with Crippen LogP contribution in [-0.4, -0.2) is 36.9 Å². The van der Waals surface area contributed by atoms with E-state index in [2.05, 4.69) is 4.98 Å². The van der Waals surface area contributed by atoms with Crippen LogP contribution in [0.2, 0.25) is 5.02 Å². The van der Waals surface area contributed by atoms with Crippen LogP contribution in [0.5, 0.6) is 0 Å². The number of halogens is 1. The molecule has 1 aromatic heterocycles. The maximum atomic E-state index is 13.3. The third-order valence-electron chi connectivity index (χ3n) is 5.62. The number of fused-ring (bicyclic) bond motifs is 1. The smallest absolute Gasteiger partial charge is 0.264 e. The van der Waals surface area contributed by atoms with Gasteiger partial charge < -0.3 is 5.11 Å². The number of hydrogen-bond acceptors (Lipinski definition) is 5. The average Bonchev–Trinajstić information content (AvgIpc) is 2.78. The van der Waals surface area contributed by atoms with Crippen LogP contribution < -0.4 is 4.31 Å². The number of aliphatic hydroxyl groups is 1. The number of pyridine rings is 1. The standard InChI is InChI=1S/C24H23ClN2O4S/c1-16(18-6-3-2-4-7-18)24(29)11-17-10-23-22(26-14-17)13-20(28)15-27(23)32(30,31)21-9-5-8-19(25)12-21/h2-10,12,14,16,20,28H,11,13,15H2,1H3/t16-,20-/m0/s1. The number of carbonyl (C=O) groups excluding carboxylic acids is 1. The summed E-state index contributed by atoms with van der Waals surface area (Å²) in [5, 5.41) is 10.6. The molecule has 4 rings (SSSR count). The van der Waals surface area contributed by atoms with E-state index in [0.29, 0.717) is 22.0 Å². The van der Waals surface area contributed by atoms with E-state index in [1.54, 1.807) is 24.4 Å². The van der Waals surface area contributed by atoms with Gasteiger partial charge in [-0.3, -0.25) is 14.1 Å². The van der Waals surface area contributed by atoms with Crippen molar-refractivity contribution >= 4 is 33.1 Å². The lowest BCUT2D eigenvalue weighted by Gasteiger charge is -2.33. The summed E-state index contributed by atoms with van der Waals surface area (Å²) in [6, 6.07) is 17.2. The largest absolute Gasteiger partial charge is 0.391 e. The first-order chi connectivity index (χ1) is 15.3. The van der Waals surface area contributed by atoms with Crippen LogP contribution in [0, 0.1) is 0 Å².